The highest BCUT2D eigenvalue weighted by molar-refractivity contribution is 6.30. The number of halogens is 4. The Morgan fingerprint density at radius 3 is 2.22 bits per heavy atom. The maximum atomic E-state index is 13.3. The van der Waals surface area contributed by atoms with E-state index in [1.54, 1.807) is 48.5 Å². The predicted molar refractivity (Wildman–Crippen MR) is 83.3 cm³/mol. The van der Waals surface area contributed by atoms with Gasteiger partial charge in [-0.2, -0.15) is 18.3 Å². The lowest BCUT2D eigenvalue weighted by Crippen LogP contribution is -2.09. The van der Waals surface area contributed by atoms with Gasteiger partial charge >= 0.3 is 6.18 Å². The first-order chi connectivity index (χ1) is 10.9. The Kier molecular flexibility index (Phi) is 4.13. The van der Waals surface area contributed by atoms with Gasteiger partial charge in [-0.1, -0.05) is 54.1 Å². The number of rotatable bonds is 3. The molecule has 118 valence electrons. The number of aromatic amines is 1. The quantitative estimate of drug-likeness (QED) is 0.687. The van der Waals surface area contributed by atoms with Crippen molar-refractivity contribution in [1.29, 1.82) is 0 Å². The highest BCUT2D eigenvalue weighted by Crippen LogP contribution is 2.36. The van der Waals surface area contributed by atoms with Gasteiger partial charge in [0, 0.05) is 22.6 Å². The van der Waals surface area contributed by atoms with Crippen LogP contribution < -0.4 is 0 Å². The molecule has 0 atom stereocenters. The second-order valence-corrected chi connectivity index (χ2v) is 5.53. The summed E-state index contributed by atoms with van der Waals surface area (Å²) in [5.74, 6) is 0. The van der Waals surface area contributed by atoms with E-state index in [9.17, 15) is 13.2 Å². The van der Waals surface area contributed by atoms with E-state index in [1.807, 2.05) is 6.07 Å². The van der Waals surface area contributed by atoms with Gasteiger partial charge in [-0.15, -0.1) is 0 Å². The van der Waals surface area contributed by atoms with E-state index in [2.05, 4.69) is 10.2 Å². The lowest BCUT2D eigenvalue weighted by atomic mass is 9.99. The average Bonchev–Trinajstić information content (AvgIpc) is 2.93. The van der Waals surface area contributed by atoms with Crippen LogP contribution in [0, 0.1) is 0 Å². The molecule has 1 aromatic heterocycles. The highest BCUT2D eigenvalue weighted by atomic mass is 35.5. The first-order valence-corrected chi connectivity index (χ1v) is 7.27. The van der Waals surface area contributed by atoms with Gasteiger partial charge in [-0.25, -0.2) is 0 Å². The maximum absolute atomic E-state index is 13.3. The van der Waals surface area contributed by atoms with Crippen molar-refractivity contribution in [3.8, 4) is 11.3 Å². The van der Waals surface area contributed by atoms with E-state index in [4.69, 9.17) is 11.6 Å². The Labute approximate surface area is 135 Å². The Morgan fingerprint density at radius 2 is 1.61 bits per heavy atom. The minimum absolute atomic E-state index is 0.131. The summed E-state index contributed by atoms with van der Waals surface area (Å²) in [7, 11) is 0. The summed E-state index contributed by atoms with van der Waals surface area (Å²) < 4.78 is 39.8. The Bertz CT molecular complexity index is 793. The third kappa shape index (κ3) is 3.40. The lowest BCUT2D eigenvalue weighted by molar-refractivity contribution is -0.141. The minimum atomic E-state index is -4.48. The van der Waals surface area contributed by atoms with Crippen LogP contribution in [-0.2, 0) is 12.6 Å². The van der Waals surface area contributed by atoms with Gasteiger partial charge in [-0.05, 0) is 17.7 Å². The summed E-state index contributed by atoms with van der Waals surface area (Å²) in [6.07, 6.45) is -4.34. The van der Waals surface area contributed by atoms with Crippen molar-refractivity contribution < 1.29 is 13.2 Å². The van der Waals surface area contributed by atoms with Gasteiger partial charge in [0.15, 0.2) is 0 Å². The summed E-state index contributed by atoms with van der Waals surface area (Å²) in [5, 5.41) is 6.55. The molecule has 3 aromatic rings. The smallest absolute Gasteiger partial charge is 0.273 e. The zero-order valence-electron chi connectivity index (χ0n) is 11.9. The summed E-state index contributed by atoms with van der Waals surface area (Å²) in [5.41, 5.74) is 0.983. The van der Waals surface area contributed by atoms with Gasteiger partial charge in [0.25, 0.3) is 0 Å². The molecule has 0 unspecified atom stereocenters. The van der Waals surface area contributed by atoms with Crippen LogP contribution in [0.2, 0.25) is 5.02 Å². The van der Waals surface area contributed by atoms with E-state index >= 15 is 0 Å². The molecule has 0 radical (unpaired) electrons. The molecule has 0 spiro atoms. The summed E-state index contributed by atoms with van der Waals surface area (Å²) in [6, 6.07) is 15.6. The molecule has 3 rings (SSSR count). The molecule has 0 fully saturated rings. The fraction of sp³-hybridized carbons (Fsp3) is 0.118. The van der Waals surface area contributed by atoms with Gasteiger partial charge in [0.05, 0.1) is 5.69 Å². The van der Waals surface area contributed by atoms with Crippen LogP contribution in [0.5, 0.6) is 0 Å². The van der Waals surface area contributed by atoms with Crippen molar-refractivity contribution in [2.45, 2.75) is 12.6 Å². The van der Waals surface area contributed by atoms with Crippen LogP contribution in [0.25, 0.3) is 11.3 Å². The van der Waals surface area contributed by atoms with Crippen LogP contribution in [0.4, 0.5) is 13.2 Å². The number of aromatic nitrogens is 2. The monoisotopic (exact) mass is 336 g/mol. The largest absolute Gasteiger partial charge is 0.433 e. The Balaban J connectivity index is 2.09. The number of H-pyrrole nitrogens is 1. The van der Waals surface area contributed by atoms with E-state index < -0.39 is 11.9 Å². The molecule has 0 amide bonds. The van der Waals surface area contributed by atoms with E-state index in [0.29, 0.717) is 10.6 Å². The second-order valence-electron chi connectivity index (χ2n) is 5.09. The van der Waals surface area contributed by atoms with Crippen molar-refractivity contribution in [3.05, 3.63) is 76.4 Å². The molecule has 0 aliphatic carbocycles. The third-order valence-electron chi connectivity index (χ3n) is 3.49. The molecule has 1 heterocycles. The Morgan fingerprint density at radius 1 is 0.957 bits per heavy atom. The topological polar surface area (TPSA) is 28.7 Å². The van der Waals surface area contributed by atoms with Crippen molar-refractivity contribution in [2.75, 3.05) is 0 Å². The number of benzene rings is 2. The minimum Gasteiger partial charge on any atom is -0.273 e. The highest BCUT2D eigenvalue weighted by Gasteiger charge is 2.37. The molecule has 0 aliphatic heterocycles. The average molecular weight is 337 g/mol. The van der Waals surface area contributed by atoms with Crippen LogP contribution in [0.1, 0.15) is 16.8 Å². The van der Waals surface area contributed by atoms with Crippen LogP contribution in [-0.4, -0.2) is 10.2 Å². The van der Waals surface area contributed by atoms with Gasteiger partial charge < -0.3 is 0 Å². The Hall–Kier alpha value is -2.27. The van der Waals surface area contributed by atoms with Crippen LogP contribution in [0.3, 0.4) is 0 Å². The molecule has 0 aliphatic rings. The summed E-state index contributed by atoms with van der Waals surface area (Å²) in [6.45, 7) is 0. The van der Waals surface area contributed by atoms with Crippen LogP contribution in [0.15, 0.2) is 54.6 Å². The number of nitrogens with zero attached hydrogens (tertiary/aromatic N) is 1. The predicted octanol–water partition coefficient (Wildman–Crippen LogP) is 5.34. The first-order valence-electron chi connectivity index (χ1n) is 6.89. The molecule has 2 nitrogen and oxygen atoms in total. The first kappa shape index (κ1) is 15.6. The number of nitrogens with one attached hydrogen (secondary N) is 1. The molecule has 0 bridgehead atoms. The molecule has 1 N–H and O–H groups in total. The van der Waals surface area contributed by atoms with Gasteiger partial charge in [0.1, 0.15) is 5.69 Å². The van der Waals surface area contributed by atoms with E-state index in [-0.39, 0.29) is 17.7 Å². The van der Waals surface area contributed by atoms with Crippen molar-refractivity contribution in [2.24, 2.45) is 0 Å². The summed E-state index contributed by atoms with van der Waals surface area (Å²) >= 11 is 5.84. The molecule has 0 saturated heterocycles. The van der Waals surface area contributed by atoms with Crippen molar-refractivity contribution in [1.82, 2.24) is 10.2 Å². The normalized spacial score (nSPS) is 11.7. The maximum Gasteiger partial charge on any atom is 0.433 e. The van der Waals surface area contributed by atoms with Crippen molar-refractivity contribution in [3.63, 3.8) is 0 Å². The van der Waals surface area contributed by atoms with Gasteiger partial charge in [-0.3, -0.25) is 5.10 Å². The van der Waals surface area contributed by atoms with Crippen molar-refractivity contribution >= 4 is 11.6 Å². The lowest BCUT2D eigenvalue weighted by Gasteiger charge is -2.09. The zero-order valence-corrected chi connectivity index (χ0v) is 12.6. The SMILES string of the molecule is FC(F)(F)c1[nH]nc(-c2ccc(Cl)cc2)c1Cc1ccccc1. The van der Waals surface area contributed by atoms with Gasteiger partial charge in [0.2, 0.25) is 0 Å². The number of hydrogen-bond acceptors (Lipinski definition) is 1. The summed E-state index contributed by atoms with van der Waals surface area (Å²) in [4.78, 5) is 0. The second kappa shape index (κ2) is 6.08. The fourth-order valence-electron chi connectivity index (χ4n) is 2.42. The molecule has 6 heteroatoms. The molecule has 2 aromatic carbocycles. The standard InChI is InChI=1S/C17H12ClF3N2/c18-13-8-6-12(7-9-13)15-14(10-11-4-2-1-3-5-11)16(23-22-15)17(19,20)21/h1-9H,10H2,(H,22,23). The zero-order chi connectivity index (χ0) is 16.4. The van der Waals surface area contributed by atoms with Crippen LogP contribution >= 0.6 is 11.6 Å². The molecular formula is C17H12ClF3N2. The third-order valence-corrected chi connectivity index (χ3v) is 3.74. The fourth-order valence-corrected chi connectivity index (χ4v) is 2.54. The number of hydrogen-bond donors (Lipinski definition) is 1. The number of alkyl halides is 3. The van der Waals surface area contributed by atoms with E-state index in [1.165, 1.54) is 0 Å². The van der Waals surface area contributed by atoms with E-state index in [0.717, 1.165) is 5.56 Å². The molecule has 0 saturated carbocycles. The molecule has 23 heavy (non-hydrogen) atoms. The molecular weight excluding hydrogens is 325 g/mol.